The summed E-state index contributed by atoms with van der Waals surface area (Å²) < 4.78 is 32.9. The number of anilines is 5. The van der Waals surface area contributed by atoms with Crippen molar-refractivity contribution in [1.29, 1.82) is 5.26 Å². The maximum absolute atomic E-state index is 13.0. The minimum Gasteiger partial charge on any atom is -0.507 e. The number of nitrogens with two attached hydrogens (primary N) is 1. The van der Waals surface area contributed by atoms with E-state index in [0.717, 1.165) is 33.5 Å². The van der Waals surface area contributed by atoms with Gasteiger partial charge in [-0.1, -0.05) is 123 Å². The molecular formula is C97H94N12O19. The van der Waals surface area contributed by atoms with Crippen LogP contribution in [-0.4, -0.2) is 148 Å². The third kappa shape index (κ3) is 21.7. The Balaban J connectivity index is 0.000000167. The highest BCUT2D eigenvalue weighted by molar-refractivity contribution is 6.13. The zero-order chi connectivity index (χ0) is 92.5. The van der Waals surface area contributed by atoms with Gasteiger partial charge in [-0.25, -0.2) is 38.8 Å². The lowest BCUT2D eigenvalue weighted by Gasteiger charge is -2.34. The normalized spacial score (nSPS) is 12.9. The minimum atomic E-state index is -1.12. The number of aliphatic imine (C=N–C) groups is 1. The Kier molecular flexibility index (Phi) is 29.6. The van der Waals surface area contributed by atoms with E-state index in [2.05, 4.69) is 32.0 Å². The zero-order valence-corrected chi connectivity index (χ0v) is 72.2. The molecule has 31 heteroatoms. The monoisotopic (exact) mass is 1730 g/mol. The Labute approximate surface area is 737 Å². The summed E-state index contributed by atoms with van der Waals surface area (Å²) in [6.07, 6.45) is 1.93. The molecule has 12 aromatic rings. The number of hydrogen-bond donors (Lipinski definition) is 8. The number of pyridine rings is 1. The lowest BCUT2D eigenvalue weighted by Crippen LogP contribution is -2.53. The van der Waals surface area contributed by atoms with E-state index >= 15 is 0 Å². The van der Waals surface area contributed by atoms with Crippen LogP contribution >= 0.6 is 0 Å². The molecule has 0 spiro atoms. The molecule has 9 N–H and O–H groups in total. The Morgan fingerprint density at radius 2 is 1.06 bits per heavy atom. The van der Waals surface area contributed by atoms with Crippen molar-refractivity contribution in [2.24, 2.45) is 16.6 Å². The number of phenolic OH excluding ortho intramolecular Hbond substituents is 2. The second kappa shape index (κ2) is 41.1. The van der Waals surface area contributed by atoms with Gasteiger partial charge in [0.15, 0.2) is 6.10 Å². The highest BCUT2D eigenvalue weighted by Crippen LogP contribution is 2.40. The first kappa shape index (κ1) is 92.2. The van der Waals surface area contributed by atoms with E-state index in [0.29, 0.717) is 95.9 Å². The summed E-state index contributed by atoms with van der Waals surface area (Å²) in [6, 6.07) is 60.2. The second-order valence-corrected chi connectivity index (χ2v) is 29.9. The third-order valence-corrected chi connectivity index (χ3v) is 20.5. The standard InChI is InChI=1S/C31H32N2O5.C26H21N3O6.C20H23N5O4.C20H18N2O4/c1-6-27(38-28-16-13-19(2)17-21(28)4)30(35)32-22-9-7-10-23(18-22)37-31(36)33(5)26-12-8-11-25-24(26)15-14-20(3)29(25)34;1-15-14-27-12-11-22(15)35-26(34)29(2)21-8-4-7-19-18(21)9-10-20(23(19)30)24(31)28-17-6-3-5-16(13-17)25(32)33;1-5-28-19(26)13-6-8-15(9-7-13)29-20(27)24(4)25-16-10-14(11-21)22-17(16)23-18(25)12(2)3;1-12-5-3-6-13(11-12)26-20(25)22(2)17-8-4-7-15-14(17)9-10-16(18(15)23)19(21)24/h7-18,27,34H,6H2,1-5H3,(H,32,35);3-14,30H,1-2H3,(H,28,31)(H,32,33);6-10,12,16-17,22H,5H2,1-4H3;3-11,23H,1-2H3,(H2,21,24). The van der Waals surface area contributed by atoms with Gasteiger partial charge in [0.1, 0.15) is 75.8 Å². The number of hydrazine groups is 1. The summed E-state index contributed by atoms with van der Waals surface area (Å²) >= 11 is 0. The molecule has 1 aromatic heterocycles. The fourth-order valence-electron chi connectivity index (χ4n) is 13.8. The molecule has 0 aliphatic carbocycles. The number of benzene rings is 11. The number of primary amides is 1. The summed E-state index contributed by atoms with van der Waals surface area (Å²) in [5.41, 5.74) is 13.0. The van der Waals surface area contributed by atoms with Crippen molar-refractivity contribution in [2.75, 3.05) is 60.1 Å². The number of nitrogens with one attached hydrogen (secondary N) is 3. The van der Waals surface area contributed by atoms with Crippen LogP contribution in [0.2, 0.25) is 0 Å². The van der Waals surface area contributed by atoms with Gasteiger partial charge in [0.25, 0.3) is 17.7 Å². The number of aryl methyl sites for hydroxylation is 5. The molecule has 128 heavy (non-hydrogen) atoms. The number of fused-ring (bicyclic) bond motifs is 4. The van der Waals surface area contributed by atoms with E-state index in [1.54, 1.807) is 187 Å². The van der Waals surface area contributed by atoms with Gasteiger partial charge in [-0.05, 0) is 180 Å². The number of amidine groups is 1. The highest BCUT2D eigenvalue weighted by atomic mass is 16.6. The summed E-state index contributed by atoms with van der Waals surface area (Å²) in [5.74, 6) is -0.624. The number of nitriles is 1. The molecule has 2 aliphatic rings. The molecule has 31 nitrogen and oxygen atoms in total. The molecule has 3 unspecified atom stereocenters. The number of aromatic carboxylic acids is 1. The van der Waals surface area contributed by atoms with Crippen molar-refractivity contribution in [3.05, 3.63) is 287 Å². The summed E-state index contributed by atoms with van der Waals surface area (Å²) in [7, 11) is 6.32. The van der Waals surface area contributed by atoms with Gasteiger partial charge in [-0.3, -0.25) is 39.1 Å². The third-order valence-electron chi connectivity index (χ3n) is 20.5. The number of nitrogens with zero attached hydrogens (tertiary/aromatic N) is 8. The van der Waals surface area contributed by atoms with Crippen LogP contribution in [0, 0.1) is 51.9 Å². The molecule has 11 aromatic carbocycles. The first-order valence-corrected chi connectivity index (χ1v) is 40.3. The van der Waals surface area contributed by atoms with E-state index in [1.807, 2.05) is 78.8 Å². The number of aromatic hydroxyl groups is 3. The van der Waals surface area contributed by atoms with Crippen LogP contribution in [0.25, 0.3) is 32.3 Å². The molecule has 2 aliphatic heterocycles. The van der Waals surface area contributed by atoms with E-state index < -0.39 is 54.2 Å². The van der Waals surface area contributed by atoms with Crippen molar-refractivity contribution in [1.82, 2.24) is 20.3 Å². The molecule has 0 saturated heterocycles. The molecule has 656 valence electrons. The van der Waals surface area contributed by atoms with Crippen molar-refractivity contribution >= 4 is 121 Å². The van der Waals surface area contributed by atoms with Crippen LogP contribution < -0.4 is 60.1 Å². The van der Waals surface area contributed by atoms with Gasteiger partial charge in [0, 0.05) is 102 Å². The number of aromatic nitrogens is 1. The topological polar surface area (TPSA) is 417 Å². The van der Waals surface area contributed by atoms with Crippen molar-refractivity contribution < 1.29 is 92.0 Å². The number of phenols is 3. The predicted octanol–water partition coefficient (Wildman–Crippen LogP) is 17.6. The van der Waals surface area contributed by atoms with Gasteiger partial charge < -0.3 is 70.5 Å². The van der Waals surface area contributed by atoms with Crippen molar-refractivity contribution in [3.8, 4) is 52.1 Å². The van der Waals surface area contributed by atoms with Gasteiger partial charge >= 0.3 is 36.3 Å². The van der Waals surface area contributed by atoms with Crippen LogP contribution in [0.4, 0.5) is 47.6 Å². The maximum atomic E-state index is 13.0. The number of rotatable bonds is 20. The fourth-order valence-corrected chi connectivity index (χ4v) is 13.8. The number of carbonyl (C=O) groups excluding carboxylic acids is 8. The number of carbonyl (C=O) groups is 9. The number of hydrogen-bond acceptors (Lipinski definition) is 23. The Hall–Kier alpha value is -16.5. The molecule has 3 heterocycles. The quantitative estimate of drug-likeness (QED) is 0.0329. The first-order chi connectivity index (χ1) is 61.2. The minimum absolute atomic E-state index is 0.00646. The highest BCUT2D eigenvalue weighted by Gasteiger charge is 2.44. The van der Waals surface area contributed by atoms with Crippen LogP contribution in [-0.2, 0) is 9.53 Å². The first-order valence-electron chi connectivity index (χ1n) is 40.3. The number of allylic oxidation sites excluding steroid dienone is 1. The second-order valence-electron chi connectivity index (χ2n) is 29.9. The van der Waals surface area contributed by atoms with E-state index in [4.69, 9.17) is 44.5 Å². The molecule has 0 radical (unpaired) electrons. The van der Waals surface area contributed by atoms with Crippen molar-refractivity contribution in [2.45, 2.75) is 87.0 Å². The smallest absolute Gasteiger partial charge is 0.434 e. The van der Waals surface area contributed by atoms with E-state index in [1.165, 1.54) is 80.5 Å². The average Bonchev–Trinajstić information content (AvgIpc) is 1.69. The van der Waals surface area contributed by atoms with Crippen molar-refractivity contribution in [3.63, 3.8) is 0 Å². The molecule has 7 amide bonds. The summed E-state index contributed by atoms with van der Waals surface area (Å²) in [5, 5.41) is 64.7. The molecule has 0 bridgehead atoms. The molecule has 14 rings (SSSR count). The number of ether oxygens (including phenoxy) is 6. The van der Waals surface area contributed by atoms with Crippen LogP contribution in [0.1, 0.15) is 103 Å². The SMILES string of the molecule is CCC(Oc1ccc(C)cc1C)C(=O)Nc1cccc(OC(=O)N(C)c2cccc3c(O)c(C)ccc23)c1.CCOC(=O)c1ccc(OC(=O)N(C)N2C(C(C)C)=NC3NC(C#N)=CC32)cc1.Cc1cccc(OC(=O)N(C)c2cccc3c(O)c(C(N)=O)ccc23)c1.Cc1cnccc1OC(=O)N(C)c1cccc2c(O)c(C(=O)Nc3cccc(C(=O)O)c3)ccc12. The van der Waals surface area contributed by atoms with Crippen LogP contribution in [0.15, 0.2) is 241 Å². The van der Waals surface area contributed by atoms with E-state index in [9.17, 15) is 58.5 Å². The Bertz CT molecular complexity index is 6390. The summed E-state index contributed by atoms with van der Waals surface area (Å²) in [6.45, 7) is 17.3. The Morgan fingerprint density at radius 3 is 1.62 bits per heavy atom. The van der Waals surface area contributed by atoms with Gasteiger partial charge in [-0.2, -0.15) is 5.26 Å². The zero-order valence-electron chi connectivity index (χ0n) is 72.2. The van der Waals surface area contributed by atoms with Crippen LogP contribution in [0.3, 0.4) is 0 Å². The molecular weight excluding hydrogens is 1640 g/mol. The van der Waals surface area contributed by atoms with Gasteiger partial charge in [-0.15, -0.1) is 0 Å². The Morgan fingerprint density at radius 1 is 0.531 bits per heavy atom. The summed E-state index contributed by atoms with van der Waals surface area (Å²) in [4.78, 5) is 124. The number of esters is 1. The lowest BCUT2D eigenvalue weighted by atomic mass is 10.0. The fraction of sp³-hybridized carbons (Fsp3) is 0.196. The molecule has 0 fully saturated rings. The van der Waals surface area contributed by atoms with Gasteiger partial charge in [0.2, 0.25) is 0 Å². The predicted molar refractivity (Wildman–Crippen MR) is 485 cm³/mol. The number of amides is 7. The number of carboxylic acids is 1. The van der Waals surface area contributed by atoms with E-state index in [-0.39, 0.29) is 76.0 Å². The number of carboxylic acid groups (broad SMARTS) is 1. The maximum Gasteiger partial charge on any atom is 0.434 e. The molecule has 3 atom stereocenters. The lowest BCUT2D eigenvalue weighted by molar-refractivity contribution is -0.122. The average molecular weight is 1730 g/mol. The molecule has 0 saturated carbocycles. The largest absolute Gasteiger partial charge is 0.507 e. The van der Waals surface area contributed by atoms with Gasteiger partial charge in [0.05, 0.1) is 45.9 Å². The van der Waals surface area contributed by atoms with Crippen LogP contribution in [0.5, 0.6) is 46.0 Å².